The molecule has 0 bridgehead atoms. The van der Waals surface area contributed by atoms with Crippen molar-refractivity contribution >= 4 is 17.2 Å². The van der Waals surface area contributed by atoms with E-state index in [4.69, 9.17) is 0 Å². The van der Waals surface area contributed by atoms with Crippen molar-refractivity contribution < 1.29 is 4.79 Å². The molecular formula is C18H31N3OS. The maximum absolute atomic E-state index is 12.9. The molecule has 4 nitrogen and oxygen atoms in total. The minimum Gasteiger partial charge on any atom is -0.337 e. The number of aromatic nitrogens is 1. The van der Waals surface area contributed by atoms with Gasteiger partial charge >= 0.3 is 0 Å². The molecule has 1 aromatic rings. The quantitative estimate of drug-likeness (QED) is 0.784. The Labute approximate surface area is 144 Å². The molecule has 130 valence electrons. The smallest absolute Gasteiger partial charge is 0.265 e. The van der Waals surface area contributed by atoms with E-state index < -0.39 is 0 Å². The summed E-state index contributed by atoms with van der Waals surface area (Å²) in [5.74, 6) is 0.159. The van der Waals surface area contributed by atoms with Crippen molar-refractivity contribution in [3.8, 4) is 0 Å². The summed E-state index contributed by atoms with van der Waals surface area (Å²) in [6, 6.07) is 0. The van der Waals surface area contributed by atoms with Crippen LogP contribution in [0, 0.1) is 6.92 Å². The number of thiazole rings is 1. The number of carbonyl (C=O) groups is 1. The van der Waals surface area contributed by atoms with Crippen LogP contribution in [-0.2, 0) is 5.41 Å². The third-order valence-corrected chi connectivity index (χ3v) is 5.94. The standard InChI is InChI=1S/C18H31N3OS/c1-13-14(23-16(19-13)17(2,3)4)15(22)20-9-8-10-21(12-11-20)18(5,6)7/h8-12H2,1-7H3. The first-order valence-electron chi connectivity index (χ1n) is 8.52. The number of hydrogen-bond acceptors (Lipinski definition) is 4. The van der Waals surface area contributed by atoms with Crippen LogP contribution in [0.5, 0.6) is 0 Å². The first-order valence-corrected chi connectivity index (χ1v) is 9.34. The van der Waals surface area contributed by atoms with Crippen LogP contribution in [0.4, 0.5) is 0 Å². The van der Waals surface area contributed by atoms with Crippen LogP contribution in [0.1, 0.15) is 68.3 Å². The van der Waals surface area contributed by atoms with Crippen LogP contribution < -0.4 is 0 Å². The fourth-order valence-corrected chi connectivity index (χ4v) is 3.94. The van der Waals surface area contributed by atoms with Crippen molar-refractivity contribution in [1.82, 2.24) is 14.8 Å². The molecule has 0 N–H and O–H groups in total. The number of carbonyl (C=O) groups excluding carboxylic acids is 1. The number of nitrogens with zero attached hydrogens (tertiary/aromatic N) is 3. The Balaban J connectivity index is 2.14. The van der Waals surface area contributed by atoms with Crippen LogP contribution in [0.15, 0.2) is 0 Å². The third-order valence-electron chi connectivity index (χ3n) is 4.36. The molecule has 0 spiro atoms. The molecule has 2 heterocycles. The lowest BCUT2D eigenvalue weighted by atomic mass is 9.98. The highest BCUT2D eigenvalue weighted by Gasteiger charge is 2.29. The van der Waals surface area contributed by atoms with E-state index in [-0.39, 0.29) is 16.9 Å². The molecule has 0 radical (unpaired) electrons. The molecule has 1 aromatic heterocycles. The van der Waals surface area contributed by atoms with Gasteiger partial charge in [0.15, 0.2) is 0 Å². The minimum atomic E-state index is -0.00419. The molecule has 2 rings (SSSR count). The number of rotatable bonds is 1. The molecule has 0 atom stereocenters. The van der Waals surface area contributed by atoms with Crippen molar-refractivity contribution in [3.63, 3.8) is 0 Å². The zero-order valence-corrected chi connectivity index (χ0v) is 16.5. The Morgan fingerprint density at radius 1 is 1.04 bits per heavy atom. The summed E-state index contributed by atoms with van der Waals surface area (Å²) < 4.78 is 0. The van der Waals surface area contributed by atoms with Crippen LogP contribution in [0.25, 0.3) is 0 Å². The topological polar surface area (TPSA) is 36.4 Å². The summed E-state index contributed by atoms with van der Waals surface area (Å²) in [4.78, 5) is 22.9. The Bertz CT molecular complexity index is 566. The molecule has 0 unspecified atom stereocenters. The average Bonchev–Trinajstić information content (AvgIpc) is 2.66. The van der Waals surface area contributed by atoms with Gasteiger partial charge in [0, 0.05) is 37.1 Å². The zero-order valence-electron chi connectivity index (χ0n) is 15.7. The molecule has 0 aliphatic carbocycles. The van der Waals surface area contributed by atoms with Gasteiger partial charge in [-0.2, -0.15) is 0 Å². The summed E-state index contributed by atoms with van der Waals surface area (Å²) in [6.07, 6.45) is 1.03. The second kappa shape index (κ2) is 6.52. The van der Waals surface area contributed by atoms with Gasteiger partial charge in [0.2, 0.25) is 0 Å². The summed E-state index contributed by atoms with van der Waals surface area (Å²) in [7, 11) is 0. The number of aryl methyl sites for hydroxylation is 1. The fraction of sp³-hybridized carbons (Fsp3) is 0.778. The van der Waals surface area contributed by atoms with Gasteiger partial charge in [-0.15, -0.1) is 11.3 Å². The highest BCUT2D eigenvalue weighted by atomic mass is 32.1. The van der Waals surface area contributed by atoms with E-state index in [2.05, 4.69) is 51.4 Å². The SMILES string of the molecule is Cc1nc(C(C)(C)C)sc1C(=O)N1CCCN(C(C)(C)C)CC1. The third kappa shape index (κ3) is 4.32. The lowest BCUT2D eigenvalue weighted by Crippen LogP contribution is -2.44. The van der Waals surface area contributed by atoms with Crippen LogP contribution in [0.2, 0.25) is 0 Å². The molecule has 1 aliphatic heterocycles. The van der Waals surface area contributed by atoms with Gasteiger partial charge in [-0.05, 0) is 34.1 Å². The van der Waals surface area contributed by atoms with Crippen molar-refractivity contribution in [3.05, 3.63) is 15.6 Å². The van der Waals surface area contributed by atoms with E-state index in [9.17, 15) is 4.79 Å². The average molecular weight is 338 g/mol. The second-order valence-electron chi connectivity index (χ2n) is 8.49. The predicted molar refractivity (Wildman–Crippen MR) is 97.4 cm³/mol. The van der Waals surface area contributed by atoms with Gasteiger partial charge in [0.05, 0.1) is 10.7 Å². The summed E-state index contributed by atoms with van der Waals surface area (Å²) >= 11 is 1.57. The van der Waals surface area contributed by atoms with E-state index in [0.717, 1.165) is 48.2 Å². The van der Waals surface area contributed by atoms with Crippen molar-refractivity contribution in [2.24, 2.45) is 0 Å². The van der Waals surface area contributed by atoms with E-state index >= 15 is 0 Å². The lowest BCUT2D eigenvalue weighted by Gasteiger charge is -2.34. The fourth-order valence-electron chi connectivity index (χ4n) is 2.85. The van der Waals surface area contributed by atoms with Gasteiger partial charge in [0.25, 0.3) is 5.91 Å². The van der Waals surface area contributed by atoms with Crippen LogP contribution in [-0.4, -0.2) is 52.4 Å². The second-order valence-corrected chi connectivity index (χ2v) is 9.49. The number of amides is 1. The first kappa shape index (κ1) is 18.4. The molecule has 1 amide bonds. The lowest BCUT2D eigenvalue weighted by molar-refractivity contribution is 0.0753. The van der Waals surface area contributed by atoms with Crippen molar-refractivity contribution in [2.45, 2.75) is 65.8 Å². The maximum atomic E-state index is 12.9. The van der Waals surface area contributed by atoms with Gasteiger partial charge < -0.3 is 4.90 Å². The summed E-state index contributed by atoms with van der Waals surface area (Å²) in [5, 5.41) is 1.05. The molecule has 23 heavy (non-hydrogen) atoms. The maximum Gasteiger partial charge on any atom is 0.265 e. The molecule has 1 saturated heterocycles. The molecule has 0 aromatic carbocycles. The Morgan fingerprint density at radius 2 is 1.70 bits per heavy atom. The minimum absolute atomic E-state index is 0.00419. The van der Waals surface area contributed by atoms with Gasteiger partial charge in [-0.1, -0.05) is 20.8 Å². The van der Waals surface area contributed by atoms with Gasteiger partial charge in [-0.25, -0.2) is 4.98 Å². The van der Waals surface area contributed by atoms with E-state index in [0.29, 0.717) is 0 Å². The molecule has 0 saturated carbocycles. The normalized spacial score (nSPS) is 18.1. The predicted octanol–water partition coefficient (Wildman–Crippen LogP) is 3.70. The Kier molecular flexibility index (Phi) is 5.21. The Hall–Kier alpha value is -0.940. The van der Waals surface area contributed by atoms with Gasteiger partial charge in [0.1, 0.15) is 4.88 Å². The highest BCUT2D eigenvalue weighted by Crippen LogP contribution is 2.30. The van der Waals surface area contributed by atoms with Crippen LogP contribution in [0.3, 0.4) is 0 Å². The molecule has 1 aliphatic rings. The largest absolute Gasteiger partial charge is 0.337 e. The van der Waals surface area contributed by atoms with Crippen molar-refractivity contribution in [2.75, 3.05) is 26.2 Å². The Morgan fingerprint density at radius 3 is 2.22 bits per heavy atom. The van der Waals surface area contributed by atoms with Crippen LogP contribution >= 0.6 is 11.3 Å². The molecule has 1 fully saturated rings. The highest BCUT2D eigenvalue weighted by molar-refractivity contribution is 7.14. The number of hydrogen-bond donors (Lipinski definition) is 0. The molecular weight excluding hydrogens is 306 g/mol. The van der Waals surface area contributed by atoms with E-state index in [1.165, 1.54) is 0 Å². The summed E-state index contributed by atoms with van der Waals surface area (Å²) in [6.45, 7) is 18.8. The first-order chi connectivity index (χ1) is 10.5. The van der Waals surface area contributed by atoms with Crippen molar-refractivity contribution in [1.29, 1.82) is 0 Å². The molecule has 5 heteroatoms. The van der Waals surface area contributed by atoms with E-state index in [1.54, 1.807) is 11.3 Å². The zero-order chi connectivity index (χ0) is 17.4. The van der Waals surface area contributed by atoms with E-state index in [1.807, 2.05) is 11.8 Å². The monoisotopic (exact) mass is 337 g/mol. The van der Waals surface area contributed by atoms with Gasteiger partial charge in [-0.3, -0.25) is 9.69 Å². The summed E-state index contributed by atoms with van der Waals surface area (Å²) in [5.41, 5.74) is 1.04.